The Morgan fingerprint density at radius 3 is 2.31 bits per heavy atom. The van der Waals surface area contributed by atoms with Crippen LogP contribution in [0, 0.1) is 0 Å². The van der Waals surface area contributed by atoms with E-state index in [1.165, 1.54) is 12.8 Å². The first-order valence-electron chi connectivity index (χ1n) is 5.85. The second-order valence-corrected chi connectivity index (χ2v) is 4.24. The molecule has 1 rings (SSSR count). The van der Waals surface area contributed by atoms with Crippen LogP contribution in [0.5, 0.6) is 0 Å². The standard InChI is InChI=1S/C11H20N2O3/c1-9(11(16)12-8-10(14)15)13-6-4-2-3-5-7-13/h9H,2-8H2,1H3,(H,12,16)(H,14,15). The van der Waals surface area contributed by atoms with Crippen LogP contribution in [-0.4, -0.2) is 47.6 Å². The first-order valence-corrected chi connectivity index (χ1v) is 5.85. The number of hydrogen-bond donors (Lipinski definition) is 2. The fourth-order valence-electron chi connectivity index (χ4n) is 1.96. The third kappa shape index (κ3) is 4.18. The number of hydrogen-bond acceptors (Lipinski definition) is 3. The average molecular weight is 228 g/mol. The van der Waals surface area contributed by atoms with Crippen LogP contribution in [0.2, 0.25) is 0 Å². The van der Waals surface area contributed by atoms with Crippen LogP contribution in [0.15, 0.2) is 0 Å². The van der Waals surface area contributed by atoms with Gasteiger partial charge in [-0.25, -0.2) is 0 Å². The van der Waals surface area contributed by atoms with E-state index < -0.39 is 5.97 Å². The van der Waals surface area contributed by atoms with Gasteiger partial charge >= 0.3 is 5.97 Å². The van der Waals surface area contributed by atoms with Gasteiger partial charge in [-0.3, -0.25) is 14.5 Å². The van der Waals surface area contributed by atoms with Gasteiger partial charge in [0.1, 0.15) is 6.54 Å². The molecule has 1 fully saturated rings. The van der Waals surface area contributed by atoms with Gasteiger partial charge in [0.25, 0.3) is 0 Å². The van der Waals surface area contributed by atoms with Gasteiger partial charge in [-0.2, -0.15) is 0 Å². The van der Waals surface area contributed by atoms with E-state index in [2.05, 4.69) is 10.2 Å². The summed E-state index contributed by atoms with van der Waals surface area (Å²) in [5.41, 5.74) is 0. The Bertz CT molecular complexity index is 248. The van der Waals surface area contributed by atoms with E-state index in [9.17, 15) is 9.59 Å². The minimum Gasteiger partial charge on any atom is -0.480 e. The van der Waals surface area contributed by atoms with E-state index in [0.29, 0.717) is 0 Å². The van der Waals surface area contributed by atoms with Crippen molar-refractivity contribution in [2.45, 2.75) is 38.6 Å². The molecular formula is C11H20N2O3. The number of likely N-dealkylation sites (tertiary alicyclic amines) is 1. The van der Waals surface area contributed by atoms with Crippen molar-refractivity contribution in [2.75, 3.05) is 19.6 Å². The Morgan fingerprint density at radius 2 is 1.81 bits per heavy atom. The summed E-state index contributed by atoms with van der Waals surface area (Å²) in [6.45, 7) is 3.41. The van der Waals surface area contributed by atoms with E-state index in [4.69, 9.17) is 5.11 Å². The lowest BCUT2D eigenvalue weighted by Gasteiger charge is -2.26. The highest BCUT2D eigenvalue weighted by Crippen LogP contribution is 2.12. The molecule has 1 unspecified atom stereocenters. The molecule has 0 saturated carbocycles. The quantitative estimate of drug-likeness (QED) is 0.733. The predicted octanol–water partition coefficient (Wildman–Crippen LogP) is 0.452. The van der Waals surface area contributed by atoms with Crippen LogP contribution < -0.4 is 5.32 Å². The molecule has 92 valence electrons. The van der Waals surface area contributed by atoms with Crippen molar-refractivity contribution in [2.24, 2.45) is 0 Å². The number of carboxylic acid groups (broad SMARTS) is 1. The third-order valence-electron chi connectivity index (χ3n) is 2.98. The Balaban J connectivity index is 2.38. The van der Waals surface area contributed by atoms with Crippen LogP contribution in [0.4, 0.5) is 0 Å². The Kier molecular flexibility index (Phi) is 5.25. The highest BCUT2D eigenvalue weighted by Gasteiger charge is 2.21. The number of nitrogens with zero attached hydrogens (tertiary/aromatic N) is 1. The Hall–Kier alpha value is -1.10. The summed E-state index contributed by atoms with van der Waals surface area (Å²) < 4.78 is 0. The summed E-state index contributed by atoms with van der Waals surface area (Å²) in [4.78, 5) is 24.1. The van der Waals surface area contributed by atoms with E-state index in [0.717, 1.165) is 25.9 Å². The predicted molar refractivity (Wildman–Crippen MR) is 60.1 cm³/mol. The second kappa shape index (κ2) is 6.48. The number of carbonyl (C=O) groups excluding carboxylic acids is 1. The molecule has 2 N–H and O–H groups in total. The molecule has 0 bridgehead atoms. The van der Waals surface area contributed by atoms with Crippen molar-refractivity contribution < 1.29 is 14.7 Å². The highest BCUT2D eigenvalue weighted by molar-refractivity contribution is 5.84. The summed E-state index contributed by atoms with van der Waals surface area (Å²) in [5, 5.41) is 10.9. The van der Waals surface area contributed by atoms with Crippen LogP contribution in [-0.2, 0) is 9.59 Å². The van der Waals surface area contributed by atoms with Crippen LogP contribution in [0.1, 0.15) is 32.6 Å². The zero-order valence-electron chi connectivity index (χ0n) is 9.74. The van der Waals surface area contributed by atoms with E-state index in [1.807, 2.05) is 6.92 Å². The van der Waals surface area contributed by atoms with Crippen molar-refractivity contribution in [3.8, 4) is 0 Å². The van der Waals surface area contributed by atoms with Gasteiger partial charge in [-0.05, 0) is 32.9 Å². The zero-order chi connectivity index (χ0) is 12.0. The van der Waals surface area contributed by atoms with E-state index >= 15 is 0 Å². The molecule has 1 amide bonds. The topological polar surface area (TPSA) is 69.6 Å². The van der Waals surface area contributed by atoms with Crippen LogP contribution in [0.25, 0.3) is 0 Å². The molecule has 0 radical (unpaired) electrons. The van der Waals surface area contributed by atoms with Gasteiger partial charge in [0.15, 0.2) is 0 Å². The SMILES string of the molecule is CC(C(=O)NCC(=O)O)N1CCCCCC1. The first kappa shape index (κ1) is 13.0. The molecule has 0 aromatic heterocycles. The normalized spacial score (nSPS) is 19.8. The molecule has 0 aromatic rings. The molecule has 1 heterocycles. The summed E-state index contributed by atoms with van der Waals surface area (Å²) in [7, 11) is 0. The smallest absolute Gasteiger partial charge is 0.322 e. The lowest BCUT2D eigenvalue weighted by molar-refractivity contribution is -0.138. The zero-order valence-corrected chi connectivity index (χ0v) is 9.74. The Morgan fingerprint density at radius 1 is 1.25 bits per heavy atom. The minimum atomic E-state index is -1.00. The van der Waals surface area contributed by atoms with Crippen molar-refractivity contribution in [1.82, 2.24) is 10.2 Å². The molecule has 1 saturated heterocycles. The molecule has 1 aliphatic heterocycles. The van der Waals surface area contributed by atoms with Crippen molar-refractivity contribution >= 4 is 11.9 Å². The lowest BCUT2D eigenvalue weighted by Crippen LogP contribution is -2.46. The van der Waals surface area contributed by atoms with E-state index in [-0.39, 0.29) is 18.5 Å². The average Bonchev–Trinajstić information content (AvgIpc) is 2.53. The number of rotatable bonds is 4. The second-order valence-electron chi connectivity index (χ2n) is 4.24. The number of carbonyl (C=O) groups is 2. The van der Waals surface area contributed by atoms with Crippen molar-refractivity contribution in [1.29, 1.82) is 0 Å². The minimum absolute atomic E-state index is 0.190. The van der Waals surface area contributed by atoms with Crippen LogP contribution >= 0.6 is 0 Å². The summed E-state index contributed by atoms with van der Waals surface area (Å²) in [6.07, 6.45) is 4.69. The van der Waals surface area contributed by atoms with Gasteiger partial charge in [-0.1, -0.05) is 12.8 Å². The van der Waals surface area contributed by atoms with Crippen LogP contribution in [0.3, 0.4) is 0 Å². The van der Waals surface area contributed by atoms with Gasteiger partial charge in [0.2, 0.25) is 5.91 Å². The summed E-state index contributed by atoms with van der Waals surface area (Å²) in [5.74, 6) is -1.19. The molecule has 0 aromatic carbocycles. The maximum Gasteiger partial charge on any atom is 0.322 e. The Labute approximate surface area is 95.8 Å². The van der Waals surface area contributed by atoms with Gasteiger partial charge in [-0.15, -0.1) is 0 Å². The molecule has 0 spiro atoms. The molecule has 1 atom stereocenters. The number of nitrogens with one attached hydrogen (secondary N) is 1. The van der Waals surface area contributed by atoms with Gasteiger partial charge in [0, 0.05) is 0 Å². The summed E-state index contributed by atoms with van der Waals surface area (Å²) in [6, 6.07) is -0.225. The summed E-state index contributed by atoms with van der Waals surface area (Å²) >= 11 is 0. The van der Waals surface area contributed by atoms with Gasteiger partial charge in [0.05, 0.1) is 6.04 Å². The van der Waals surface area contributed by atoms with Gasteiger partial charge < -0.3 is 10.4 Å². The molecule has 1 aliphatic rings. The molecule has 0 aliphatic carbocycles. The maximum atomic E-state index is 11.6. The fourth-order valence-corrected chi connectivity index (χ4v) is 1.96. The maximum absolute atomic E-state index is 11.6. The lowest BCUT2D eigenvalue weighted by atomic mass is 10.2. The molecule has 5 nitrogen and oxygen atoms in total. The van der Waals surface area contributed by atoms with Crippen molar-refractivity contribution in [3.05, 3.63) is 0 Å². The monoisotopic (exact) mass is 228 g/mol. The number of amides is 1. The third-order valence-corrected chi connectivity index (χ3v) is 2.98. The largest absolute Gasteiger partial charge is 0.480 e. The fraction of sp³-hybridized carbons (Fsp3) is 0.818. The highest BCUT2D eigenvalue weighted by atomic mass is 16.4. The van der Waals surface area contributed by atoms with E-state index in [1.54, 1.807) is 0 Å². The molecule has 16 heavy (non-hydrogen) atoms. The number of carboxylic acids is 1. The molecule has 5 heteroatoms. The number of aliphatic carboxylic acids is 1. The molecular weight excluding hydrogens is 208 g/mol. The first-order chi connectivity index (χ1) is 7.61. The van der Waals surface area contributed by atoms with Crippen molar-refractivity contribution in [3.63, 3.8) is 0 Å².